The summed E-state index contributed by atoms with van der Waals surface area (Å²) >= 11 is 3.39. The van der Waals surface area contributed by atoms with Crippen LogP contribution in [0.15, 0.2) is 28.7 Å². The summed E-state index contributed by atoms with van der Waals surface area (Å²) in [6.45, 7) is 6.18. The van der Waals surface area contributed by atoms with Crippen LogP contribution in [0.5, 0.6) is 0 Å². The quantitative estimate of drug-likeness (QED) is 0.803. The maximum absolute atomic E-state index is 12.2. The van der Waals surface area contributed by atoms with Crippen molar-refractivity contribution in [3.8, 4) is 0 Å². The van der Waals surface area contributed by atoms with E-state index in [1.165, 1.54) is 0 Å². The Labute approximate surface area is 151 Å². The van der Waals surface area contributed by atoms with Crippen LogP contribution in [0.3, 0.4) is 0 Å². The van der Waals surface area contributed by atoms with Gasteiger partial charge in [0.05, 0.1) is 0 Å². The van der Waals surface area contributed by atoms with Crippen molar-refractivity contribution in [2.75, 3.05) is 26.3 Å². The molecule has 0 aliphatic carbocycles. The van der Waals surface area contributed by atoms with Gasteiger partial charge in [-0.2, -0.15) is 0 Å². The Kier molecular flexibility index (Phi) is 7.24. The lowest BCUT2D eigenvalue weighted by molar-refractivity contribution is -0.140. The fourth-order valence-electron chi connectivity index (χ4n) is 3.09. The summed E-state index contributed by atoms with van der Waals surface area (Å²) in [5.41, 5.74) is 1.00. The maximum atomic E-state index is 12.2. The number of carbonyl (C=O) groups excluding carboxylic acids is 2. The Morgan fingerprint density at radius 1 is 1.25 bits per heavy atom. The molecule has 1 saturated heterocycles. The van der Waals surface area contributed by atoms with E-state index in [9.17, 15) is 9.59 Å². The lowest BCUT2D eigenvalue weighted by atomic mass is 9.92. The van der Waals surface area contributed by atoms with E-state index in [2.05, 4.69) is 35.1 Å². The summed E-state index contributed by atoms with van der Waals surface area (Å²) in [6.07, 6.45) is 1.16. The van der Waals surface area contributed by atoms with E-state index in [1.807, 2.05) is 29.2 Å². The third-order valence-electron chi connectivity index (χ3n) is 4.06. The van der Waals surface area contributed by atoms with E-state index in [-0.39, 0.29) is 25.0 Å². The molecule has 2 atom stereocenters. The van der Waals surface area contributed by atoms with Crippen LogP contribution in [0.25, 0.3) is 0 Å². The maximum Gasteiger partial charge on any atom is 0.248 e. The molecule has 0 saturated carbocycles. The molecule has 0 radical (unpaired) electrons. The van der Waals surface area contributed by atoms with Crippen LogP contribution in [-0.2, 0) is 20.9 Å². The Morgan fingerprint density at radius 2 is 1.96 bits per heavy atom. The lowest BCUT2D eigenvalue weighted by Crippen LogP contribution is -2.44. The van der Waals surface area contributed by atoms with E-state index in [0.29, 0.717) is 18.4 Å². The van der Waals surface area contributed by atoms with E-state index in [1.54, 1.807) is 0 Å². The molecule has 0 spiro atoms. The van der Waals surface area contributed by atoms with Crippen molar-refractivity contribution in [3.05, 3.63) is 34.3 Å². The number of hydrogen-bond acceptors (Lipinski definition) is 3. The molecule has 1 heterocycles. The van der Waals surface area contributed by atoms with Gasteiger partial charge in [-0.25, -0.2) is 0 Å². The number of ether oxygens (including phenoxy) is 1. The van der Waals surface area contributed by atoms with E-state index in [4.69, 9.17) is 4.74 Å². The highest BCUT2D eigenvalue weighted by Gasteiger charge is 2.25. The van der Waals surface area contributed by atoms with Crippen molar-refractivity contribution in [2.24, 2.45) is 11.8 Å². The number of halogens is 1. The Bertz CT molecular complexity index is 569. The molecular weight excluding hydrogens is 372 g/mol. The van der Waals surface area contributed by atoms with Crippen LogP contribution >= 0.6 is 15.9 Å². The van der Waals surface area contributed by atoms with Crippen LogP contribution in [0.1, 0.15) is 25.8 Å². The summed E-state index contributed by atoms with van der Waals surface area (Å²) < 4.78 is 6.25. The summed E-state index contributed by atoms with van der Waals surface area (Å²) in [6, 6.07) is 7.74. The Hall–Kier alpha value is -1.40. The predicted octanol–water partition coefficient (Wildman–Crippen LogP) is 2.59. The van der Waals surface area contributed by atoms with Crippen LogP contribution < -0.4 is 5.32 Å². The molecule has 1 aliphatic rings. The van der Waals surface area contributed by atoms with Gasteiger partial charge >= 0.3 is 0 Å². The number of nitrogens with one attached hydrogen (secondary N) is 1. The molecule has 0 unspecified atom stereocenters. The average molecular weight is 397 g/mol. The number of carbonyl (C=O) groups is 2. The molecule has 2 rings (SSSR count). The minimum absolute atomic E-state index is 0.0341. The largest absolute Gasteiger partial charge is 0.362 e. The highest BCUT2D eigenvalue weighted by Crippen LogP contribution is 2.20. The van der Waals surface area contributed by atoms with Crippen LogP contribution in [0.4, 0.5) is 0 Å². The summed E-state index contributed by atoms with van der Waals surface area (Å²) in [5, 5.41) is 2.78. The van der Waals surface area contributed by atoms with Crippen LogP contribution in [-0.4, -0.2) is 43.0 Å². The number of nitrogens with zero attached hydrogens (tertiary/aromatic N) is 1. The third kappa shape index (κ3) is 6.24. The number of benzene rings is 1. The standard InChI is InChI=1S/C18H25BrN2O3/c1-13-6-14(2)10-21(9-13)18(23)12-24-11-17(22)20-8-15-4-3-5-16(19)7-15/h3-5,7,13-14H,6,8-12H2,1-2H3,(H,20,22)/t13-,14-/m0/s1. The van der Waals surface area contributed by atoms with Crippen molar-refractivity contribution in [3.63, 3.8) is 0 Å². The number of likely N-dealkylation sites (tertiary alicyclic amines) is 1. The first-order valence-corrected chi connectivity index (χ1v) is 9.10. The molecule has 1 N–H and O–H groups in total. The normalized spacial score (nSPS) is 20.7. The number of piperidine rings is 1. The molecule has 2 amide bonds. The summed E-state index contributed by atoms with van der Waals surface area (Å²) in [7, 11) is 0. The zero-order valence-electron chi connectivity index (χ0n) is 14.3. The van der Waals surface area contributed by atoms with Gasteiger partial charge in [0.2, 0.25) is 11.8 Å². The topological polar surface area (TPSA) is 58.6 Å². The molecule has 0 aromatic heterocycles. The van der Waals surface area contributed by atoms with Gasteiger partial charge in [-0.05, 0) is 36.0 Å². The van der Waals surface area contributed by atoms with Gasteiger partial charge in [-0.1, -0.05) is 41.9 Å². The molecular formula is C18H25BrN2O3. The second-order valence-corrected chi connectivity index (χ2v) is 7.56. The van der Waals surface area contributed by atoms with Crippen molar-refractivity contribution in [1.82, 2.24) is 10.2 Å². The monoisotopic (exact) mass is 396 g/mol. The van der Waals surface area contributed by atoms with Gasteiger partial charge in [0.25, 0.3) is 0 Å². The van der Waals surface area contributed by atoms with Gasteiger partial charge < -0.3 is 15.0 Å². The van der Waals surface area contributed by atoms with Crippen molar-refractivity contribution in [2.45, 2.75) is 26.8 Å². The second kappa shape index (κ2) is 9.18. The highest BCUT2D eigenvalue weighted by atomic mass is 79.9. The fourth-order valence-corrected chi connectivity index (χ4v) is 3.53. The van der Waals surface area contributed by atoms with Crippen LogP contribution in [0, 0.1) is 11.8 Å². The predicted molar refractivity (Wildman–Crippen MR) is 96.3 cm³/mol. The second-order valence-electron chi connectivity index (χ2n) is 6.64. The van der Waals surface area contributed by atoms with Gasteiger partial charge in [0, 0.05) is 24.1 Å². The molecule has 1 fully saturated rings. The zero-order chi connectivity index (χ0) is 17.5. The number of rotatable bonds is 6. The van der Waals surface area contributed by atoms with Crippen LogP contribution in [0.2, 0.25) is 0 Å². The first-order chi connectivity index (χ1) is 11.4. The van der Waals surface area contributed by atoms with E-state index < -0.39 is 0 Å². The zero-order valence-corrected chi connectivity index (χ0v) is 15.8. The first-order valence-electron chi connectivity index (χ1n) is 8.30. The lowest BCUT2D eigenvalue weighted by Gasteiger charge is -2.34. The molecule has 6 heteroatoms. The number of hydrogen-bond donors (Lipinski definition) is 1. The minimum Gasteiger partial charge on any atom is -0.362 e. The van der Waals surface area contributed by atoms with Gasteiger partial charge in [-0.3, -0.25) is 9.59 Å². The molecule has 132 valence electrons. The smallest absolute Gasteiger partial charge is 0.248 e. The Balaban J connectivity index is 1.66. The fraction of sp³-hybridized carbons (Fsp3) is 0.556. The first kappa shape index (κ1) is 18.9. The Morgan fingerprint density at radius 3 is 2.62 bits per heavy atom. The third-order valence-corrected chi connectivity index (χ3v) is 4.55. The molecule has 24 heavy (non-hydrogen) atoms. The van der Waals surface area contributed by atoms with Crippen molar-refractivity contribution < 1.29 is 14.3 Å². The van der Waals surface area contributed by atoms with Gasteiger partial charge in [0.1, 0.15) is 13.2 Å². The summed E-state index contributed by atoms with van der Waals surface area (Å²) in [5.74, 6) is 0.786. The highest BCUT2D eigenvalue weighted by molar-refractivity contribution is 9.10. The average Bonchev–Trinajstić information content (AvgIpc) is 2.52. The van der Waals surface area contributed by atoms with Gasteiger partial charge in [0.15, 0.2) is 0 Å². The van der Waals surface area contributed by atoms with E-state index in [0.717, 1.165) is 29.5 Å². The van der Waals surface area contributed by atoms with Gasteiger partial charge in [-0.15, -0.1) is 0 Å². The summed E-state index contributed by atoms with van der Waals surface area (Å²) in [4.78, 5) is 25.8. The van der Waals surface area contributed by atoms with Crippen molar-refractivity contribution >= 4 is 27.7 Å². The minimum atomic E-state index is -0.219. The SMILES string of the molecule is C[C@H]1C[C@H](C)CN(C(=O)COCC(=O)NCc2cccc(Br)c2)C1. The molecule has 1 aromatic carbocycles. The molecule has 1 aliphatic heterocycles. The van der Waals surface area contributed by atoms with E-state index >= 15 is 0 Å². The molecule has 0 bridgehead atoms. The molecule has 5 nitrogen and oxygen atoms in total. The number of amides is 2. The van der Waals surface area contributed by atoms with Crippen molar-refractivity contribution in [1.29, 1.82) is 0 Å². The molecule has 1 aromatic rings.